The van der Waals surface area contributed by atoms with Crippen molar-refractivity contribution < 1.29 is 18.9 Å². The van der Waals surface area contributed by atoms with Crippen molar-refractivity contribution in [3.05, 3.63) is 289 Å². The Morgan fingerprint density at radius 2 is 0.526 bits per heavy atom. The van der Waals surface area contributed by atoms with Crippen LogP contribution < -0.4 is 18.9 Å². The lowest BCUT2D eigenvalue weighted by molar-refractivity contribution is 0.244. The van der Waals surface area contributed by atoms with Gasteiger partial charge in [-0.2, -0.15) is 0 Å². The third-order valence-corrected chi connectivity index (χ3v) is 14.8. The average Bonchev–Trinajstić information content (AvgIpc) is 3.49. The maximum absolute atomic E-state index is 7.26. The van der Waals surface area contributed by atoms with Gasteiger partial charge in [0.25, 0.3) is 0 Å². The summed E-state index contributed by atoms with van der Waals surface area (Å²) in [6, 6.07) is 93.1. The minimum absolute atomic E-state index is 0.339. The smallest absolute Gasteiger partial charge is 0.149 e. The van der Waals surface area contributed by atoms with E-state index in [0.29, 0.717) is 26.3 Å². The van der Waals surface area contributed by atoms with Crippen LogP contribution in [0.3, 0.4) is 0 Å². The van der Waals surface area contributed by atoms with Gasteiger partial charge in [-0.05, 0) is 89.6 Å². The number of hydrogen-bond donors (Lipinski definition) is 0. The minimum Gasteiger partial charge on any atom is -0.492 e. The SMILES string of the molecule is PN(CCOc1ccc2ccccc2c1-c1c(OC(c2ccccc2)c2ccccc2)ccc2ccccc12)CCOc1ccc2ccccc2c1-c1c(OC(c2ccccc2)c2ccccc2)ccc2ccccc12. The quantitative estimate of drug-likeness (QED) is 0.0801. The lowest BCUT2D eigenvalue weighted by atomic mass is 9.92. The van der Waals surface area contributed by atoms with E-state index >= 15 is 0 Å². The summed E-state index contributed by atoms with van der Waals surface area (Å²) in [4.78, 5) is 0. The van der Waals surface area contributed by atoms with E-state index in [1.54, 1.807) is 0 Å². The van der Waals surface area contributed by atoms with Crippen molar-refractivity contribution >= 4 is 52.5 Å². The molecule has 12 rings (SSSR count). The topological polar surface area (TPSA) is 40.2 Å². The van der Waals surface area contributed by atoms with Crippen LogP contribution in [0.1, 0.15) is 34.5 Å². The molecule has 12 aromatic carbocycles. The van der Waals surface area contributed by atoms with Gasteiger partial charge in [0.15, 0.2) is 0 Å². The van der Waals surface area contributed by atoms with Gasteiger partial charge in [-0.1, -0.05) is 252 Å². The highest BCUT2D eigenvalue weighted by molar-refractivity contribution is 7.13. The number of fused-ring (bicyclic) bond motifs is 4. The third kappa shape index (κ3) is 10.1. The van der Waals surface area contributed by atoms with Gasteiger partial charge in [-0.3, -0.25) is 4.67 Å². The van der Waals surface area contributed by atoms with Gasteiger partial charge in [0.05, 0.1) is 0 Å². The molecule has 0 heterocycles. The molecule has 0 N–H and O–H groups in total. The fraction of sp³-hybridized carbons (Fsp3) is 0.0857. The van der Waals surface area contributed by atoms with Crippen LogP contribution >= 0.6 is 9.39 Å². The van der Waals surface area contributed by atoms with E-state index < -0.39 is 0 Å². The summed E-state index contributed by atoms with van der Waals surface area (Å²) in [6.07, 6.45) is -0.677. The largest absolute Gasteiger partial charge is 0.492 e. The Bertz CT molecular complexity index is 3590. The predicted octanol–water partition coefficient (Wildman–Crippen LogP) is 17.5. The third-order valence-electron chi connectivity index (χ3n) is 14.2. The zero-order valence-electron chi connectivity index (χ0n) is 42.0. The zero-order valence-corrected chi connectivity index (χ0v) is 43.2. The van der Waals surface area contributed by atoms with Crippen LogP contribution in [0.25, 0.3) is 65.3 Å². The van der Waals surface area contributed by atoms with Crippen LogP contribution in [-0.4, -0.2) is 31.0 Å². The monoisotopic (exact) mass is 1010 g/mol. The van der Waals surface area contributed by atoms with Gasteiger partial charge in [-0.25, -0.2) is 0 Å². The Labute approximate surface area is 446 Å². The van der Waals surface area contributed by atoms with Crippen LogP contribution in [0.2, 0.25) is 0 Å². The molecule has 0 aliphatic rings. The lowest BCUT2D eigenvalue weighted by Gasteiger charge is -2.25. The number of hydrogen-bond acceptors (Lipinski definition) is 5. The van der Waals surface area contributed by atoms with Crippen molar-refractivity contribution in [2.24, 2.45) is 0 Å². The summed E-state index contributed by atoms with van der Waals surface area (Å²) in [5.74, 6) is 3.15. The lowest BCUT2D eigenvalue weighted by Crippen LogP contribution is -2.24. The molecule has 0 amide bonds. The first-order valence-corrected chi connectivity index (χ1v) is 26.5. The van der Waals surface area contributed by atoms with Gasteiger partial charge in [-0.15, -0.1) is 0 Å². The molecule has 0 aliphatic carbocycles. The Kier molecular flexibility index (Phi) is 14.2. The van der Waals surface area contributed by atoms with E-state index in [-0.39, 0.29) is 12.2 Å². The van der Waals surface area contributed by atoms with Crippen molar-refractivity contribution in [2.75, 3.05) is 26.3 Å². The van der Waals surface area contributed by atoms with Gasteiger partial charge in [0.2, 0.25) is 0 Å². The molecule has 0 spiro atoms. The molecule has 12 aromatic rings. The van der Waals surface area contributed by atoms with Crippen LogP contribution in [0, 0.1) is 0 Å². The molecule has 0 saturated carbocycles. The molecule has 0 fully saturated rings. The Balaban J connectivity index is 0.834. The normalized spacial score (nSPS) is 11.5. The Hall–Kier alpha value is -8.73. The molecule has 0 bridgehead atoms. The number of ether oxygens (including phenoxy) is 4. The van der Waals surface area contributed by atoms with Crippen molar-refractivity contribution in [1.29, 1.82) is 0 Å². The van der Waals surface area contributed by atoms with Gasteiger partial charge < -0.3 is 18.9 Å². The number of nitrogens with zero attached hydrogens (tertiary/aromatic N) is 1. The van der Waals surface area contributed by atoms with Crippen LogP contribution in [-0.2, 0) is 0 Å². The van der Waals surface area contributed by atoms with E-state index in [1.165, 1.54) is 0 Å². The standard InChI is InChI=1S/C70H56NO4P/c76-71(45-47-72-61-41-37-49-21-13-17-33-57(49)65(61)67-59-35-19-15-23-51(59)39-43-63(67)74-69(53-25-5-1-6-26-53)54-27-7-2-8-28-54)46-48-73-62-42-38-50-22-14-18-34-58(50)66(62)68-60-36-20-16-24-52(60)40-44-64(68)75-70(55-29-9-3-10-30-55)56-31-11-4-12-32-56/h1-44,69-70H,45-48,76H2. The summed E-state index contributed by atoms with van der Waals surface area (Å²) in [6.45, 7) is 2.15. The Morgan fingerprint density at radius 1 is 0.276 bits per heavy atom. The molecule has 0 radical (unpaired) electrons. The zero-order chi connectivity index (χ0) is 51.0. The molecule has 76 heavy (non-hydrogen) atoms. The molecule has 1 atom stereocenters. The second kappa shape index (κ2) is 22.4. The minimum atomic E-state index is -0.339. The second-order valence-electron chi connectivity index (χ2n) is 19.0. The molecular formula is C70H56NO4P. The summed E-state index contributed by atoms with van der Waals surface area (Å²) in [5, 5.41) is 8.86. The summed E-state index contributed by atoms with van der Waals surface area (Å²) in [5.41, 5.74) is 8.31. The van der Waals surface area contributed by atoms with Crippen molar-refractivity contribution in [2.45, 2.75) is 12.2 Å². The van der Waals surface area contributed by atoms with Crippen molar-refractivity contribution in [1.82, 2.24) is 4.67 Å². The van der Waals surface area contributed by atoms with Gasteiger partial charge in [0, 0.05) is 35.3 Å². The summed E-state index contributed by atoms with van der Waals surface area (Å²) >= 11 is 0. The predicted molar refractivity (Wildman–Crippen MR) is 317 cm³/mol. The van der Waals surface area contributed by atoms with E-state index in [2.05, 4.69) is 257 Å². The first kappa shape index (κ1) is 48.2. The van der Waals surface area contributed by atoms with Crippen molar-refractivity contribution in [3.63, 3.8) is 0 Å². The van der Waals surface area contributed by atoms with E-state index in [0.717, 1.165) is 111 Å². The van der Waals surface area contributed by atoms with Crippen molar-refractivity contribution in [3.8, 4) is 45.3 Å². The van der Waals surface area contributed by atoms with E-state index in [9.17, 15) is 0 Å². The fourth-order valence-electron chi connectivity index (χ4n) is 10.6. The highest BCUT2D eigenvalue weighted by atomic mass is 31.0. The molecule has 0 aliphatic heterocycles. The van der Waals surface area contributed by atoms with E-state index in [1.807, 2.05) is 24.3 Å². The molecule has 1 unspecified atom stereocenters. The Morgan fingerprint density at radius 3 is 0.829 bits per heavy atom. The molecule has 5 nitrogen and oxygen atoms in total. The second-order valence-corrected chi connectivity index (χ2v) is 19.7. The number of rotatable bonds is 18. The molecule has 6 heteroatoms. The molecule has 0 aromatic heterocycles. The average molecular weight is 1010 g/mol. The highest BCUT2D eigenvalue weighted by Crippen LogP contribution is 2.49. The number of benzene rings is 12. The molecule has 370 valence electrons. The first-order valence-electron chi connectivity index (χ1n) is 26.0. The maximum atomic E-state index is 7.26. The van der Waals surface area contributed by atoms with Crippen LogP contribution in [0.5, 0.6) is 23.0 Å². The van der Waals surface area contributed by atoms with Crippen LogP contribution in [0.15, 0.2) is 267 Å². The molecular weight excluding hydrogens is 950 g/mol. The highest BCUT2D eigenvalue weighted by Gasteiger charge is 2.26. The summed E-state index contributed by atoms with van der Waals surface area (Å²) < 4.78 is 30.6. The van der Waals surface area contributed by atoms with Gasteiger partial charge >= 0.3 is 0 Å². The van der Waals surface area contributed by atoms with Gasteiger partial charge in [0.1, 0.15) is 48.4 Å². The molecule has 0 saturated heterocycles. The maximum Gasteiger partial charge on any atom is 0.149 e. The van der Waals surface area contributed by atoms with E-state index in [4.69, 9.17) is 18.9 Å². The fourth-order valence-corrected chi connectivity index (χ4v) is 10.8. The van der Waals surface area contributed by atoms with Crippen LogP contribution in [0.4, 0.5) is 0 Å². The summed E-state index contributed by atoms with van der Waals surface area (Å²) in [7, 11) is 2.91. The first-order chi connectivity index (χ1) is 37.6.